The van der Waals surface area contributed by atoms with Crippen LogP contribution in [0.25, 0.3) is 11.1 Å². The molecule has 100 valence electrons. The summed E-state index contributed by atoms with van der Waals surface area (Å²) < 4.78 is 49.9. The molecule has 0 fully saturated rings. The number of halogens is 3. The average molecular weight is 268 g/mol. The van der Waals surface area contributed by atoms with E-state index >= 15 is 0 Å². The Morgan fingerprint density at radius 2 is 1.32 bits per heavy atom. The summed E-state index contributed by atoms with van der Waals surface area (Å²) in [6.45, 7) is 0. The SMILES string of the molecule is COc1ccc(F)cc1-c1cc(F)c(F)cc1OC. The van der Waals surface area contributed by atoms with E-state index in [0.717, 1.165) is 12.1 Å². The number of ether oxygens (including phenoxy) is 2. The lowest BCUT2D eigenvalue weighted by molar-refractivity contribution is 0.404. The van der Waals surface area contributed by atoms with E-state index in [1.165, 1.54) is 32.4 Å². The Hall–Kier alpha value is -2.17. The molecule has 5 heteroatoms. The van der Waals surface area contributed by atoms with E-state index in [1.54, 1.807) is 0 Å². The molecular weight excluding hydrogens is 257 g/mol. The Morgan fingerprint density at radius 3 is 1.95 bits per heavy atom. The molecule has 0 spiro atoms. The van der Waals surface area contributed by atoms with E-state index in [-0.39, 0.29) is 11.3 Å². The molecule has 0 heterocycles. The molecule has 0 aliphatic rings. The summed E-state index contributed by atoms with van der Waals surface area (Å²) in [6.07, 6.45) is 0. The number of methoxy groups -OCH3 is 2. The normalized spacial score (nSPS) is 10.4. The van der Waals surface area contributed by atoms with Gasteiger partial charge in [0.1, 0.15) is 17.3 Å². The van der Waals surface area contributed by atoms with Gasteiger partial charge in [-0.1, -0.05) is 0 Å². The van der Waals surface area contributed by atoms with Gasteiger partial charge >= 0.3 is 0 Å². The molecule has 0 bridgehead atoms. The van der Waals surface area contributed by atoms with Crippen molar-refractivity contribution in [2.24, 2.45) is 0 Å². The Balaban J connectivity index is 2.70. The highest BCUT2D eigenvalue weighted by Gasteiger charge is 2.16. The number of rotatable bonds is 3. The summed E-state index contributed by atoms with van der Waals surface area (Å²) in [4.78, 5) is 0. The summed E-state index contributed by atoms with van der Waals surface area (Å²) in [7, 11) is 2.73. The van der Waals surface area contributed by atoms with Crippen LogP contribution in [0, 0.1) is 17.5 Å². The van der Waals surface area contributed by atoms with Crippen molar-refractivity contribution >= 4 is 0 Å². The zero-order valence-corrected chi connectivity index (χ0v) is 10.3. The Labute approximate surface area is 108 Å². The minimum Gasteiger partial charge on any atom is -0.496 e. The van der Waals surface area contributed by atoms with E-state index in [4.69, 9.17) is 9.47 Å². The summed E-state index contributed by atoms with van der Waals surface area (Å²) in [6, 6.07) is 5.66. The van der Waals surface area contributed by atoms with Crippen molar-refractivity contribution in [1.82, 2.24) is 0 Å². The maximum Gasteiger partial charge on any atom is 0.162 e. The summed E-state index contributed by atoms with van der Waals surface area (Å²) in [5.74, 6) is -2.14. The molecule has 0 N–H and O–H groups in total. The molecule has 0 radical (unpaired) electrons. The molecule has 0 aliphatic heterocycles. The van der Waals surface area contributed by atoms with Gasteiger partial charge in [0.15, 0.2) is 11.6 Å². The third-order valence-electron chi connectivity index (χ3n) is 2.69. The summed E-state index contributed by atoms with van der Waals surface area (Å²) >= 11 is 0. The van der Waals surface area contributed by atoms with Crippen molar-refractivity contribution in [1.29, 1.82) is 0 Å². The van der Waals surface area contributed by atoms with Gasteiger partial charge in [0, 0.05) is 17.2 Å². The zero-order valence-electron chi connectivity index (χ0n) is 10.3. The van der Waals surface area contributed by atoms with E-state index in [0.29, 0.717) is 11.3 Å². The number of hydrogen-bond acceptors (Lipinski definition) is 2. The topological polar surface area (TPSA) is 18.5 Å². The predicted molar refractivity (Wildman–Crippen MR) is 64.9 cm³/mol. The molecule has 0 unspecified atom stereocenters. The highest BCUT2D eigenvalue weighted by molar-refractivity contribution is 5.76. The van der Waals surface area contributed by atoms with Crippen LogP contribution < -0.4 is 9.47 Å². The van der Waals surface area contributed by atoms with Gasteiger partial charge in [0.2, 0.25) is 0 Å². The highest BCUT2D eigenvalue weighted by atomic mass is 19.2. The second-order valence-corrected chi connectivity index (χ2v) is 3.81. The first kappa shape index (κ1) is 13.3. The fraction of sp³-hybridized carbons (Fsp3) is 0.143. The van der Waals surface area contributed by atoms with Gasteiger partial charge in [0.25, 0.3) is 0 Å². The third kappa shape index (κ3) is 2.50. The molecule has 0 atom stereocenters. The molecule has 2 rings (SSSR count). The van der Waals surface area contributed by atoms with Gasteiger partial charge in [-0.3, -0.25) is 0 Å². The van der Waals surface area contributed by atoms with Crippen LogP contribution in [0.15, 0.2) is 30.3 Å². The Morgan fingerprint density at radius 1 is 0.737 bits per heavy atom. The molecule has 2 aromatic rings. The molecule has 19 heavy (non-hydrogen) atoms. The van der Waals surface area contributed by atoms with Crippen molar-refractivity contribution in [3.63, 3.8) is 0 Å². The van der Waals surface area contributed by atoms with Crippen molar-refractivity contribution < 1.29 is 22.6 Å². The third-order valence-corrected chi connectivity index (χ3v) is 2.69. The first-order valence-electron chi connectivity index (χ1n) is 5.43. The number of hydrogen-bond donors (Lipinski definition) is 0. The molecule has 0 amide bonds. The lowest BCUT2D eigenvalue weighted by Gasteiger charge is -2.13. The van der Waals surface area contributed by atoms with E-state index in [1.807, 2.05) is 0 Å². The van der Waals surface area contributed by atoms with Crippen molar-refractivity contribution in [2.45, 2.75) is 0 Å². The maximum atomic E-state index is 13.4. The fourth-order valence-electron chi connectivity index (χ4n) is 1.80. The van der Waals surface area contributed by atoms with Gasteiger partial charge in [-0.25, -0.2) is 13.2 Å². The first-order chi connectivity index (χ1) is 9.06. The van der Waals surface area contributed by atoms with Crippen molar-refractivity contribution in [3.05, 3.63) is 47.8 Å². The van der Waals surface area contributed by atoms with Crippen LogP contribution in [0.4, 0.5) is 13.2 Å². The van der Waals surface area contributed by atoms with Gasteiger partial charge in [-0.2, -0.15) is 0 Å². The molecule has 2 aromatic carbocycles. The van der Waals surface area contributed by atoms with Crippen LogP contribution in [0.2, 0.25) is 0 Å². The monoisotopic (exact) mass is 268 g/mol. The molecule has 2 nitrogen and oxygen atoms in total. The number of benzene rings is 2. The Bertz CT molecular complexity index is 612. The molecule has 0 saturated heterocycles. The molecule has 0 saturated carbocycles. The van der Waals surface area contributed by atoms with Crippen LogP contribution in [0.1, 0.15) is 0 Å². The largest absolute Gasteiger partial charge is 0.496 e. The predicted octanol–water partition coefficient (Wildman–Crippen LogP) is 3.79. The summed E-state index contributed by atoms with van der Waals surface area (Å²) in [5, 5.41) is 0. The fourth-order valence-corrected chi connectivity index (χ4v) is 1.80. The highest BCUT2D eigenvalue weighted by Crippen LogP contribution is 2.37. The maximum absolute atomic E-state index is 13.4. The average Bonchev–Trinajstić information content (AvgIpc) is 2.41. The standard InChI is InChI=1S/C14H11F3O2/c1-18-13-4-3-8(15)5-9(13)10-6-11(16)12(17)7-14(10)19-2/h3-7H,1-2H3. The van der Waals surface area contributed by atoms with Gasteiger partial charge in [0.05, 0.1) is 14.2 Å². The second kappa shape index (κ2) is 5.22. The quantitative estimate of drug-likeness (QED) is 0.843. The van der Waals surface area contributed by atoms with Crippen LogP contribution in [-0.2, 0) is 0 Å². The second-order valence-electron chi connectivity index (χ2n) is 3.81. The lowest BCUT2D eigenvalue weighted by atomic mass is 10.0. The van der Waals surface area contributed by atoms with Gasteiger partial charge < -0.3 is 9.47 Å². The molecule has 0 aliphatic carbocycles. The van der Waals surface area contributed by atoms with Gasteiger partial charge in [-0.05, 0) is 24.3 Å². The molecular formula is C14H11F3O2. The van der Waals surface area contributed by atoms with E-state index in [2.05, 4.69) is 0 Å². The minimum absolute atomic E-state index is 0.0998. The van der Waals surface area contributed by atoms with Crippen LogP contribution in [0.5, 0.6) is 11.5 Å². The van der Waals surface area contributed by atoms with Crippen LogP contribution >= 0.6 is 0 Å². The lowest BCUT2D eigenvalue weighted by Crippen LogP contribution is -1.95. The summed E-state index contributed by atoms with van der Waals surface area (Å²) in [5.41, 5.74) is 0.510. The van der Waals surface area contributed by atoms with Crippen molar-refractivity contribution in [2.75, 3.05) is 14.2 Å². The van der Waals surface area contributed by atoms with Crippen molar-refractivity contribution in [3.8, 4) is 22.6 Å². The van der Waals surface area contributed by atoms with Crippen LogP contribution in [-0.4, -0.2) is 14.2 Å². The van der Waals surface area contributed by atoms with Crippen LogP contribution in [0.3, 0.4) is 0 Å². The van der Waals surface area contributed by atoms with E-state index < -0.39 is 17.5 Å². The Kier molecular flexibility index (Phi) is 3.64. The first-order valence-corrected chi connectivity index (χ1v) is 5.43. The van der Waals surface area contributed by atoms with E-state index in [9.17, 15) is 13.2 Å². The zero-order chi connectivity index (χ0) is 14.0. The smallest absolute Gasteiger partial charge is 0.162 e. The minimum atomic E-state index is -1.04. The van der Waals surface area contributed by atoms with Gasteiger partial charge in [-0.15, -0.1) is 0 Å². The molecule has 0 aromatic heterocycles.